The highest BCUT2D eigenvalue weighted by atomic mass is 35.5. The first kappa shape index (κ1) is 16.3. The van der Waals surface area contributed by atoms with Gasteiger partial charge in [-0.1, -0.05) is 23.2 Å². The number of amides is 1. The molecule has 0 saturated heterocycles. The zero-order chi connectivity index (χ0) is 16.1. The number of aromatic nitrogens is 1. The van der Waals surface area contributed by atoms with Crippen molar-refractivity contribution in [1.82, 2.24) is 4.98 Å². The Kier molecular flexibility index (Phi) is 5.39. The maximum atomic E-state index is 12.1. The number of aryl methyl sites for hydroxylation is 1. The van der Waals surface area contributed by atoms with Crippen LogP contribution in [0.2, 0.25) is 10.0 Å². The van der Waals surface area contributed by atoms with Crippen molar-refractivity contribution >= 4 is 51.3 Å². The van der Waals surface area contributed by atoms with Crippen molar-refractivity contribution in [3.63, 3.8) is 0 Å². The lowest BCUT2D eigenvalue weighted by atomic mass is 10.2. The van der Waals surface area contributed by atoms with E-state index in [1.54, 1.807) is 12.1 Å². The highest BCUT2D eigenvalue weighted by Crippen LogP contribution is 2.25. The fraction of sp³-hybridized carbons (Fsp3) is 0.0714. The Bertz CT molecular complexity index is 779. The number of carbonyl (C=O) groups excluding carboxylic acids is 1. The molecule has 1 amide bonds. The topological polar surface area (TPSA) is 77.8 Å². The molecule has 2 rings (SSSR count). The van der Waals surface area contributed by atoms with Crippen molar-refractivity contribution in [2.24, 2.45) is 0 Å². The van der Waals surface area contributed by atoms with E-state index in [4.69, 9.17) is 28.5 Å². The second kappa shape index (κ2) is 7.27. The quantitative estimate of drug-likeness (QED) is 0.637. The molecule has 0 fully saturated rings. The molecule has 0 saturated carbocycles. The van der Waals surface area contributed by atoms with E-state index in [9.17, 15) is 4.79 Å². The van der Waals surface area contributed by atoms with Gasteiger partial charge in [-0.15, -0.1) is 11.3 Å². The molecule has 0 aliphatic carbocycles. The smallest absolute Gasteiger partial charge is 0.267 e. The molecular weight excluding hydrogens is 343 g/mol. The number of anilines is 2. The fourth-order valence-electron chi connectivity index (χ4n) is 1.49. The molecule has 112 valence electrons. The fourth-order valence-corrected chi connectivity index (χ4v) is 2.48. The zero-order valence-corrected chi connectivity index (χ0v) is 13.7. The third-order valence-electron chi connectivity index (χ3n) is 2.50. The van der Waals surface area contributed by atoms with Crippen LogP contribution in [0.3, 0.4) is 0 Å². The van der Waals surface area contributed by atoms with Gasteiger partial charge >= 0.3 is 0 Å². The predicted octanol–water partition coefficient (Wildman–Crippen LogP) is 4.22. The van der Waals surface area contributed by atoms with E-state index < -0.39 is 5.91 Å². The number of halogens is 2. The van der Waals surface area contributed by atoms with Crippen molar-refractivity contribution in [2.45, 2.75) is 6.92 Å². The van der Waals surface area contributed by atoms with Crippen molar-refractivity contribution in [3.05, 3.63) is 51.1 Å². The van der Waals surface area contributed by atoms with Gasteiger partial charge < -0.3 is 10.6 Å². The van der Waals surface area contributed by atoms with Crippen LogP contribution in [-0.4, -0.2) is 10.9 Å². The normalized spacial score (nSPS) is 10.9. The van der Waals surface area contributed by atoms with Crippen molar-refractivity contribution in [2.75, 3.05) is 10.6 Å². The lowest BCUT2D eigenvalue weighted by Crippen LogP contribution is -2.14. The molecule has 22 heavy (non-hydrogen) atoms. The van der Waals surface area contributed by atoms with Crippen molar-refractivity contribution in [1.29, 1.82) is 5.26 Å². The summed E-state index contributed by atoms with van der Waals surface area (Å²) in [4.78, 5) is 16.2. The van der Waals surface area contributed by atoms with Crippen LogP contribution in [0.15, 0.2) is 35.4 Å². The van der Waals surface area contributed by atoms with Gasteiger partial charge in [0.25, 0.3) is 5.91 Å². The molecule has 0 aliphatic heterocycles. The van der Waals surface area contributed by atoms with Crippen LogP contribution in [0, 0.1) is 18.3 Å². The molecule has 0 spiro atoms. The molecule has 1 aromatic carbocycles. The number of nitrogens with one attached hydrogen (secondary N) is 2. The standard InChI is InChI=1S/C14H10Cl2N4OS/c1-8-7-22-14(19-8)18-6-9(5-17)13(21)20-12-4-10(15)2-3-11(12)16/h2-4,6-7H,1H3,(H,18,19)(H,20,21)/b9-6-. The Morgan fingerprint density at radius 1 is 1.45 bits per heavy atom. The Morgan fingerprint density at radius 3 is 2.86 bits per heavy atom. The summed E-state index contributed by atoms with van der Waals surface area (Å²) in [6.07, 6.45) is 1.30. The monoisotopic (exact) mass is 352 g/mol. The summed E-state index contributed by atoms with van der Waals surface area (Å²) < 4.78 is 0. The van der Waals surface area contributed by atoms with Gasteiger partial charge in [-0.25, -0.2) is 4.98 Å². The Hall–Kier alpha value is -2.07. The van der Waals surface area contributed by atoms with Crippen LogP contribution in [0.1, 0.15) is 5.69 Å². The van der Waals surface area contributed by atoms with E-state index in [1.165, 1.54) is 23.6 Å². The number of carbonyl (C=O) groups is 1. The molecule has 0 bridgehead atoms. The molecule has 0 aliphatic rings. The van der Waals surface area contributed by atoms with E-state index in [2.05, 4.69) is 15.6 Å². The number of benzene rings is 1. The maximum Gasteiger partial charge on any atom is 0.267 e. The third kappa shape index (κ3) is 4.21. The molecule has 2 N–H and O–H groups in total. The van der Waals surface area contributed by atoms with Gasteiger partial charge in [0.05, 0.1) is 16.4 Å². The Balaban J connectivity index is 2.12. The highest BCUT2D eigenvalue weighted by Gasteiger charge is 2.12. The first-order chi connectivity index (χ1) is 10.5. The van der Waals surface area contributed by atoms with Crippen molar-refractivity contribution < 1.29 is 4.79 Å². The highest BCUT2D eigenvalue weighted by molar-refractivity contribution is 7.13. The molecule has 8 heteroatoms. The maximum absolute atomic E-state index is 12.1. The zero-order valence-electron chi connectivity index (χ0n) is 11.4. The SMILES string of the molecule is Cc1csc(N/C=C(/C#N)C(=O)Nc2cc(Cl)ccc2Cl)n1. The van der Waals surface area contributed by atoms with Gasteiger partial charge in [-0.05, 0) is 25.1 Å². The number of rotatable bonds is 4. The largest absolute Gasteiger partial charge is 0.337 e. The van der Waals surface area contributed by atoms with Crippen molar-refractivity contribution in [3.8, 4) is 6.07 Å². The summed E-state index contributed by atoms with van der Waals surface area (Å²) in [5, 5.41) is 17.7. The Labute approximate surface area is 141 Å². The van der Waals surface area contributed by atoms with Gasteiger partial charge in [0.2, 0.25) is 0 Å². The van der Waals surface area contributed by atoms with Gasteiger partial charge in [0.15, 0.2) is 5.13 Å². The number of nitriles is 1. The van der Waals surface area contributed by atoms with Crippen LogP contribution in [0.5, 0.6) is 0 Å². The summed E-state index contributed by atoms with van der Waals surface area (Å²) >= 11 is 13.2. The summed E-state index contributed by atoms with van der Waals surface area (Å²) in [5.41, 5.74) is 1.09. The second-order valence-corrected chi connectivity index (χ2v) is 5.89. The molecule has 1 aromatic heterocycles. The molecule has 0 atom stereocenters. The van der Waals surface area contributed by atoms with E-state index in [1.807, 2.05) is 18.4 Å². The number of nitrogens with zero attached hydrogens (tertiary/aromatic N) is 2. The second-order valence-electron chi connectivity index (χ2n) is 4.19. The van der Waals surface area contributed by atoms with Gasteiger partial charge in [0, 0.05) is 16.6 Å². The lowest BCUT2D eigenvalue weighted by Gasteiger charge is -2.07. The average Bonchev–Trinajstić information content (AvgIpc) is 2.89. The summed E-state index contributed by atoms with van der Waals surface area (Å²) in [5.74, 6) is -0.590. The molecule has 1 heterocycles. The summed E-state index contributed by atoms with van der Waals surface area (Å²) in [6.45, 7) is 1.85. The van der Waals surface area contributed by atoms with E-state index in [0.717, 1.165) is 5.69 Å². The van der Waals surface area contributed by atoms with Crippen LogP contribution >= 0.6 is 34.5 Å². The number of hydrogen-bond acceptors (Lipinski definition) is 5. The third-order valence-corrected chi connectivity index (χ3v) is 3.96. The number of thiazole rings is 1. The van der Waals surface area contributed by atoms with Gasteiger partial charge in [-0.3, -0.25) is 4.79 Å². The molecular formula is C14H10Cl2N4OS. The molecule has 2 aromatic rings. The first-order valence-corrected chi connectivity index (χ1v) is 7.68. The summed E-state index contributed by atoms with van der Waals surface area (Å²) in [7, 11) is 0. The predicted molar refractivity (Wildman–Crippen MR) is 89.3 cm³/mol. The van der Waals surface area contributed by atoms with Crippen LogP contribution in [0.25, 0.3) is 0 Å². The van der Waals surface area contributed by atoms with E-state index >= 15 is 0 Å². The van der Waals surface area contributed by atoms with Crippen LogP contribution in [0.4, 0.5) is 10.8 Å². The average molecular weight is 353 g/mol. The van der Waals surface area contributed by atoms with E-state index in [-0.39, 0.29) is 5.57 Å². The lowest BCUT2D eigenvalue weighted by molar-refractivity contribution is -0.112. The number of hydrogen-bond donors (Lipinski definition) is 2. The van der Waals surface area contributed by atoms with Gasteiger partial charge in [0.1, 0.15) is 11.6 Å². The first-order valence-electron chi connectivity index (χ1n) is 6.05. The van der Waals surface area contributed by atoms with Crippen LogP contribution < -0.4 is 10.6 Å². The van der Waals surface area contributed by atoms with Gasteiger partial charge in [-0.2, -0.15) is 5.26 Å². The minimum Gasteiger partial charge on any atom is -0.337 e. The minimum absolute atomic E-state index is 0.108. The molecule has 5 nitrogen and oxygen atoms in total. The molecule has 0 radical (unpaired) electrons. The Morgan fingerprint density at radius 2 is 2.23 bits per heavy atom. The molecule has 0 unspecified atom stereocenters. The van der Waals surface area contributed by atoms with Crippen LogP contribution in [-0.2, 0) is 4.79 Å². The van der Waals surface area contributed by atoms with E-state index in [0.29, 0.717) is 20.9 Å². The minimum atomic E-state index is -0.590. The summed E-state index contributed by atoms with van der Waals surface area (Å²) in [6, 6.07) is 6.49.